The minimum absolute atomic E-state index is 0. The molecule has 0 saturated carbocycles. The van der Waals surface area contributed by atoms with Crippen LogP contribution in [0.5, 0.6) is 0 Å². The third-order valence-electron chi connectivity index (χ3n) is 3.46. The van der Waals surface area contributed by atoms with E-state index >= 15 is 0 Å². The summed E-state index contributed by atoms with van der Waals surface area (Å²) in [7, 11) is 0. The van der Waals surface area contributed by atoms with Gasteiger partial charge in [-0.3, -0.25) is 4.90 Å². The molecule has 0 aromatic heterocycles. The van der Waals surface area contributed by atoms with Gasteiger partial charge in [-0.25, -0.2) is 17.6 Å². The van der Waals surface area contributed by atoms with Crippen LogP contribution in [0.15, 0.2) is 18.7 Å². The maximum atomic E-state index is 13.9. The van der Waals surface area contributed by atoms with Gasteiger partial charge in [0.2, 0.25) is 0 Å². The molecule has 1 aromatic rings. The summed E-state index contributed by atoms with van der Waals surface area (Å²) in [5.41, 5.74) is -0.552. The minimum atomic E-state index is -1.37. The standard InChI is InChI=1S/C14H16F4N2.ClH/c1-2-3-11(20-6-4-19-5-7-20)12-13(17)9(15)8-10(16)14(12)18;/h2,8,11,19H,1,3-7H2;1H/t11-;/m0./s1. The van der Waals surface area contributed by atoms with Gasteiger partial charge in [0.05, 0.1) is 0 Å². The largest absolute Gasteiger partial charge is 0.314 e. The fraction of sp³-hybridized carbons (Fsp3) is 0.429. The predicted octanol–water partition coefficient (Wildman–Crippen LogP) is 3.19. The van der Waals surface area contributed by atoms with E-state index in [4.69, 9.17) is 0 Å². The maximum absolute atomic E-state index is 13.9. The van der Waals surface area contributed by atoms with Crippen LogP contribution in [0, 0.1) is 23.3 Å². The zero-order valence-corrected chi connectivity index (χ0v) is 12.2. The average Bonchev–Trinajstić information content (AvgIpc) is 2.45. The Morgan fingerprint density at radius 3 is 2.14 bits per heavy atom. The van der Waals surface area contributed by atoms with Gasteiger partial charge < -0.3 is 5.32 Å². The summed E-state index contributed by atoms with van der Waals surface area (Å²) < 4.78 is 54.5. The topological polar surface area (TPSA) is 15.3 Å². The van der Waals surface area contributed by atoms with Gasteiger partial charge in [0.25, 0.3) is 0 Å². The summed E-state index contributed by atoms with van der Waals surface area (Å²) >= 11 is 0. The number of halogens is 5. The average molecular weight is 325 g/mol. The summed E-state index contributed by atoms with van der Waals surface area (Å²) in [6, 6.07) is -0.517. The molecule has 1 heterocycles. The van der Waals surface area contributed by atoms with Crippen molar-refractivity contribution in [3.8, 4) is 0 Å². The molecule has 2 nitrogen and oxygen atoms in total. The number of piperazine rings is 1. The first kappa shape index (κ1) is 17.9. The number of nitrogens with one attached hydrogen (secondary N) is 1. The molecule has 1 saturated heterocycles. The summed E-state index contributed by atoms with van der Waals surface area (Å²) in [5, 5.41) is 3.11. The highest BCUT2D eigenvalue weighted by Crippen LogP contribution is 2.32. The molecule has 0 unspecified atom stereocenters. The highest BCUT2D eigenvalue weighted by Gasteiger charge is 2.30. The third kappa shape index (κ3) is 3.75. The molecule has 1 aliphatic rings. The Balaban J connectivity index is 0.00000220. The fourth-order valence-electron chi connectivity index (χ4n) is 2.49. The lowest BCUT2D eigenvalue weighted by Crippen LogP contribution is -2.45. The minimum Gasteiger partial charge on any atom is -0.314 e. The molecule has 1 aromatic carbocycles. The zero-order chi connectivity index (χ0) is 14.7. The van der Waals surface area contributed by atoms with Crippen LogP contribution in [-0.2, 0) is 0 Å². The molecule has 0 aliphatic carbocycles. The number of hydrogen-bond acceptors (Lipinski definition) is 2. The quantitative estimate of drug-likeness (QED) is 0.520. The summed E-state index contributed by atoms with van der Waals surface area (Å²) in [6.07, 6.45) is 1.71. The maximum Gasteiger partial charge on any atom is 0.166 e. The lowest BCUT2D eigenvalue weighted by molar-refractivity contribution is 0.166. The van der Waals surface area contributed by atoms with Crippen LogP contribution in [0.2, 0.25) is 0 Å². The first-order valence-electron chi connectivity index (χ1n) is 6.44. The van der Waals surface area contributed by atoms with E-state index in [2.05, 4.69) is 11.9 Å². The van der Waals surface area contributed by atoms with Crippen molar-refractivity contribution in [1.29, 1.82) is 0 Å². The Hall–Kier alpha value is -1.11. The molecular formula is C14H17ClF4N2. The van der Waals surface area contributed by atoms with Crippen molar-refractivity contribution >= 4 is 12.4 Å². The number of nitrogens with zero attached hydrogens (tertiary/aromatic N) is 1. The summed E-state index contributed by atoms with van der Waals surface area (Å²) in [4.78, 5) is 1.80. The molecule has 0 radical (unpaired) electrons. The van der Waals surface area contributed by atoms with Gasteiger partial charge in [-0.15, -0.1) is 19.0 Å². The molecule has 1 aliphatic heterocycles. The highest BCUT2D eigenvalue weighted by atomic mass is 35.5. The van der Waals surface area contributed by atoms with E-state index in [1.54, 1.807) is 4.90 Å². The summed E-state index contributed by atoms with van der Waals surface area (Å²) in [6.45, 7) is 5.98. The summed E-state index contributed by atoms with van der Waals surface area (Å²) in [5.74, 6) is -5.39. The van der Waals surface area contributed by atoms with Crippen molar-refractivity contribution in [3.63, 3.8) is 0 Å². The number of benzene rings is 1. The molecule has 0 bridgehead atoms. The Morgan fingerprint density at radius 1 is 1.14 bits per heavy atom. The van der Waals surface area contributed by atoms with Crippen LogP contribution in [0.25, 0.3) is 0 Å². The highest BCUT2D eigenvalue weighted by molar-refractivity contribution is 5.85. The predicted molar refractivity (Wildman–Crippen MR) is 75.5 cm³/mol. The van der Waals surface area contributed by atoms with Gasteiger partial charge in [-0.1, -0.05) is 6.08 Å². The SMILES string of the molecule is C=CC[C@@H](c1c(F)c(F)cc(F)c1F)N1CCNCC1.Cl. The second kappa shape index (κ2) is 7.77. The number of hydrogen-bond donors (Lipinski definition) is 1. The Labute approximate surface area is 127 Å². The first-order chi connectivity index (χ1) is 9.56. The van der Waals surface area contributed by atoms with E-state index in [0.29, 0.717) is 26.2 Å². The van der Waals surface area contributed by atoms with Gasteiger partial charge in [0.1, 0.15) is 0 Å². The van der Waals surface area contributed by atoms with Crippen molar-refractivity contribution in [2.24, 2.45) is 0 Å². The normalized spacial score (nSPS) is 17.1. The molecule has 1 atom stereocenters. The van der Waals surface area contributed by atoms with Crippen molar-refractivity contribution < 1.29 is 17.6 Å². The van der Waals surface area contributed by atoms with E-state index in [0.717, 1.165) is 0 Å². The monoisotopic (exact) mass is 324 g/mol. The lowest BCUT2D eigenvalue weighted by Gasteiger charge is -2.35. The van der Waals surface area contributed by atoms with Gasteiger partial charge in [-0.05, 0) is 6.42 Å². The van der Waals surface area contributed by atoms with Crippen molar-refractivity contribution in [3.05, 3.63) is 47.6 Å². The molecule has 0 spiro atoms. The van der Waals surface area contributed by atoms with E-state index in [1.807, 2.05) is 0 Å². The Morgan fingerprint density at radius 2 is 1.67 bits per heavy atom. The van der Waals surface area contributed by atoms with Crippen LogP contribution >= 0.6 is 12.4 Å². The Bertz CT molecular complexity index is 478. The van der Waals surface area contributed by atoms with Crippen molar-refractivity contribution in [1.82, 2.24) is 10.2 Å². The molecular weight excluding hydrogens is 308 g/mol. The van der Waals surface area contributed by atoms with Gasteiger partial charge in [0, 0.05) is 43.9 Å². The second-order valence-electron chi connectivity index (χ2n) is 4.71. The third-order valence-corrected chi connectivity index (χ3v) is 3.46. The van der Waals surface area contributed by atoms with Crippen LogP contribution in [0.4, 0.5) is 17.6 Å². The zero-order valence-electron chi connectivity index (χ0n) is 11.3. The van der Waals surface area contributed by atoms with E-state index in [9.17, 15) is 17.6 Å². The van der Waals surface area contributed by atoms with Gasteiger partial charge in [-0.2, -0.15) is 0 Å². The molecule has 0 amide bonds. The number of rotatable bonds is 4. The van der Waals surface area contributed by atoms with Gasteiger partial charge >= 0.3 is 0 Å². The van der Waals surface area contributed by atoms with Crippen LogP contribution in [-0.4, -0.2) is 31.1 Å². The lowest BCUT2D eigenvalue weighted by atomic mass is 9.99. The first-order valence-corrected chi connectivity index (χ1v) is 6.44. The molecule has 2 rings (SSSR count). The molecule has 118 valence electrons. The molecule has 1 N–H and O–H groups in total. The molecule has 7 heteroatoms. The Kier molecular flexibility index (Phi) is 6.64. The van der Waals surface area contributed by atoms with E-state index in [1.165, 1.54) is 6.08 Å². The molecule has 21 heavy (non-hydrogen) atoms. The second-order valence-corrected chi connectivity index (χ2v) is 4.71. The van der Waals surface area contributed by atoms with Crippen molar-refractivity contribution in [2.75, 3.05) is 26.2 Å². The van der Waals surface area contributed by atoms with E-state index in [-0.39, 0.29) is 24.9 Å². The van der Waals surface area contributed by atoms with E-state index < -0.39 is 34.9 Å². The smallest absolute Gasteiger partial charge is 0.166 e. The van der Waals surface area contributed by atoms with Crippen LogP contribution in [0.3, 0.4) is 0 Å². The van der Waals surface area contributed by atoms with Crippen LogP contribution < -0.4 is 5.32 Å². The fourth-order valence-corrected chi connectivity index (χ4v) is 2.49. The molecule has 1 fully saturated rings. The van der Waals surface area contributed by atoms with Gasteiger partial charge in [0.15, 0.2) is 23.3 Å². The van der Waals surface area contributed by atoms with Crippen molar-refractivity contribution in [2.45, 2.75) is 12.5 Å². The van der Waals surface area contributed by atoms with Crippen LogP contribution in [0.1, 0.15) is 18.0 Å².